The maximum atomic E-state index is 12.2. The van der Waals surface area contributed by atoms with E-state index in [1.807, 2.05) is 0 Å². The molecule has 21 heavy (non-hydrogen) atoms. The topological polar surface area (TPSA) is 75.4 Å². The van der Waals surface area contributed by atoms with Crippen LogP contribution < -0.4 is 4.72 Å². The molecular formula is C14H25N3O3S. The second kappa shape index (κ2) is 6.89. The van der Waals surface area contributed by atoms with E-state index in [0.29, 0.717) is 18.0 Å². The van der Waals surface area contributed by atoms with Gasteiger partial charge in [0.2, 0.25) is 10.0 Å². The highest BCUT2D eigenvalue weighted by atomic mass is 32.2. The van der Waals surface area contributed by atoms with Gasteiger partial charge in [-0.25, -0.2) is 13.1 Å². The van der Waals surface area contributed by atoms with Crippen LogP contribution in [0.5, 0.6) is 0 Å². The first-order valence-electron chi connectivity index (χ1n) is 7.55. The smallest absolute Gasteiger partial charge is 0.245 e. The third kappa shape index (κ3) is 4.28. The molecule has 0 bridgehead atoms. The predicted molar refractivity (Wildman–Crippen MR) is 80.6 cm³/mol. The fourth-order valence-electron chi connectivity index (χ4n) is 2.93. The zero-order valence-electron chi connectivity index (χ0n) is 13.1. The van der Waals surface area contributed by atoms with Crippen LogP contribution in [0.1, 0.15) is 37.6 Å². The number of aromatic nitrogens is 1. The van der Waals surface area contributed by atoms with Gasteiger partial charge in [0, 0.05) is 13.1 Å². The van der Waals surface area contributed by atoms with Crippen molar-refractivity contribution in [2.24, 2.45) is 5.92 Å². The molecule has 1 aromatic heterocycles. The Morgan fingerprint density at radius 1 is 1.43 bits per heavy atom. The Kier molecular flexibility index (Phi) is 5.40. The lowest BCUT2D eigenvalue weighted by molar-refractivity contribution is 0.182. The number of aryl methyl sites for hydroxylation is 2. The summed E-state index contributed by atoms with van der Waals surface area (Å²) in [4.78, 5) is 2.59. The minimum atomic E-state index is -3.52. The van der Waals surface area contributed by atoms with Gasteiger partial charge >= 0.3 is 0 Å². The molecule has 1 aliphatic heterocycles. The molecule has 0 saturated carbocycles. The molecule has 0 unspecified atom stereocenters. The third-order valence-electron chi connectivity index (χ3n) is 3.92. The second-order valence-electron chi connectivity index (χ2n) is 5.95. The lowest BCUT2D eigenvalue weighted by atomic mass is 10.0. The Balaban J connectivity index is 1.80. The molecule has 1 N–H and O–H groups in total. The number of likely N-dealkylation sites (tertiary alicyclic amines) is 1. The molecule has 120 valence electrons. The SMILES string of the molecule is Cc1noc(C)c1S(=O)(=O)NCCCN1CCC[C@H](C)C1. The van der Waals surface area contributed by atoms with Crippen molar-refractivity contribution < 1.29 is 12.9 Å². The van der Waals surface area contributed by atoms with Crippen LogP contribution in [0.2, 0.25) is 0 Å². The highest BCUT2D eigenvalue weighted by molar-refractivity contribution is 7.89. The zero-order valence-corrected chi connectivity index (χ0v) is 13.9. The van der Waals surface area contributed by atoms with Crippen molar-refractivity contribution in [2.45, 2.75) is 44.9 Å². The van der Waals surface area contributed by atoms with Crippen LogP contribution in [-0.4, -0.2) is 44.7 Å². The molecule has 0 spiro atoms. The van der Waals surface area contributed by atoms with E-state index in [1.165, 1.54) is 12.8 Å². The average molecular weight is 315 g/mol. The highest BCUT2D eigenvalue weighted by Gasteiger charge is 2.23. The molecular weight excluding hydrogens is 290 g/mol. The standard InChI is InChI=1S/C14H25N3O3S/c1-11-6-4-8-17(10-11)9-5-7-15-21(18,19)14-12(2)16-20-13(14)3/h11,15H,4-10H2,1-3H3/t11-/m0/s1. The van der Waals surface area contributed by atoms with Crippen LogP contribution in [0.4, 0.5) is 0 Å². The van der Waals surface area contributed by atoms with Crippen molar-refractivity contribution in [3.63, 3.8) is 0 Å². The molecule has 1 aromatic rings. The van der Waals surface area contributed by atoms with Gasteiger partial charge in [0.05, 0.1) is 0 Å². The van der Waals surface area contributed by atoms with Crippen LogP contribution in [-0.2, 0) is 10.0 Å². The molecule has 6 nitrogen and oxygen atoms in total. The summed E-state index contributed by atoms with van der Waals surface area (Å²) in [5.74, 6) is 1.09. The maximum Gasteiger partial charge on any atom is 0.245 e. The van der Waals surface area contributed by atoms with E-state index >= 15 is 0 Å². The summed E-state index contributed by atoms with van der Waals surface area (Å²) in [5.41, 5.74) is 0.407. The Hall–Kier alpha value is -0.920. The van der Waals surface area contributed by atoms with Gasteiger partial charge in [0.15, 0.2) is 5.76 Å². The fourth-order valence-corrected chi connectivity index (χ4v) is 4.33. The fraction of sp³-hybridized carbons (Fsp3) is 0.786. The average Bonchev–Trinajstić information content (AvgIpc) is 2.75. The number of nitrogens with zero attached hydrogens (tertiary/aromatic N) is 2. The molecule has 1 fully saturated rings. The first-order valence-corrected chi connectivity index (χ1v) is 9.03. The van der Waals surface area contributed by atoms with E-state index in [9.17, 15) is 8.42 Å². The molecule has 1 saturated heterocycles. The van der Waals surface area contributed by atoms with Gasteiger partial charge in [-0.2, -0.15) is 0 Å². The summed E-state index contributed by atoms with van der Waals surface area (Å²) in [6.07, 6.45) is 3.36. The molecule has 0 aliphatic carbocycles. The zero-order chi connectivity index (χ0) is 15.5. The first-order chi connectivity index (χ1) is 9.90. The van der Waals surface area contributed by atoms with Gasteiger partial charge in [-0.05, 0) is 52.1 Å². The normalized spacial score (nSPS) is 20.8. The molecule has 2 rings (SSSR count). The van der Waals surface area contributed by atoms with E-state index in [1.54, 1.807) is 13.8 Å². The van der Waals surface area contributed by atoms with E-state index < -0.39 is 10.0 Å². The van der Waals surface area contributed by atoms with Crippen LogP contribution >= 0.6 is 0 Å². The Labute approximate surface area is 126 Å². The van der Waals surface area contributed by atoms with Crippen molar-refractivity contribution in [2.75, 3.05) is 26.2 Å². The lowest BCUT2D eigenvalue weighted by Crippen LogP contribution is -2.36. The summed E-state index contributed by atoms with van der Waals surface area (Å²) >= 11 is 0. The third-order valence-corrected chi connectivity index (χ3v) is 5.63. The monoisotopic (exact) mass is 315 g/mol. The molecule has 1 atom stereocenters. The molecule has 0 radical (unpaired) electrons. The van der Waals surface area contributed by atoms with Crippen LogP contribution in [0.15, 0.2) is 9.42 Å². The Bertz CT molecular complexity index is 549. The number of sulfonamides is 1. The second-order valence-corrected chi connectivity index (χ2v) is 7.66. The Morgan fingerprint density at radius 2 is 2.19 bits per heavy atom. The van der Waals surface area contributed by atoms with Crippen LogP contribution in [0.3, 0.4) is 0 Å². The quantitative estimate of drug-likeness (QED) is 0.809. The number of piperidine rings is 1. The summed E-state index contributed by atoms with van der Waals surface area (Å²) < 4.78 is 32.0. The highest BCUT2D eigenvalue weighted by Crippen LogP contribution is 2.18. The van der Waals surface area contributed by atoms with Crippen molar-refractivity contribution in [3.05, 3.63) is 11.5 Å². The van der Waals surface area contributed by atoms with Gasteiger partial charge in [0.1, 0.15) is 10.6 Å². The molecule has 0 amide bonds. The van der Waals surface area contributed by atoms with Gasteiger partial charge in [-0.3, -0.25) is 0 Å². The van der Waals surface area contributed by atoms with E-state index in [0.717, 1.165) is 32.0 Å². The number of hydrogen-bond acceptors (Lipinski definition) is 5. The van der Waals surface area contributed by atoms with Crippen molar-refractivity contribution >= 4 is 10.0 Å². The largest absolute Gasteiger partial charge is 0.360 e. The first kappa shape index (κ1) is 16.5. The summed E-state index contributed by atoms with van der Waals surface area (Å²) in [6.45, 7) is 9.15. The maximum absolute atomic E-state index is 12.2. The molecule has 0 aromatic carbocycles. The number of rotatable bonds is 6. The van der Waals surface area contributed by atoms with Gasteiger partial charge in [-0.15, -0.1) is 0 Å². The van der Waals surface area contributed by atoms with E-state index in [2.05, 4.69) is 21.7 Å². The van der Waals surface area contributed by atoms with Gasteiger partial charge < -0.3 is 9.42 Å². The van der Waals surface area contributed by atoms with Gasteiger partial charge in [-0.1, -0.05) is 12.1 Å². The molecule has 7 heteroatoms. The van der Waals surface area contributed by atoms with Crippen molar-refractivity contribution in [3.8, 4) is 0 Å². The predicted octanol–water partition coefficient (Wildman–Crippen LogP) is 1.69. The summed E-state index contributed by atoms with van der Waals surface area (Å²) in [5, 5.41) is 3.69. The van der Waals surface area contributed by atoms with E-state index in [-0.39, 0.29) is 4.90 Å². The number of hydrogen-bond donors (Lipinski definition) is 1. The summed E-state index contributed by atoms with van der Waals surface area (Å²) in [7, 11) is -3.52. The van der Waals surface area contributed by atoms with Crippen molar-refractivity contribution in [1.82, 2.24) is 14.8 Å². The minimum Gasteiger partial charge on any atom is -0.360 e. The van der Waals surface area contributed by atoms with Gasteiger partial charge in [0.25, 0.3) is 0 Å². The lowest BCUT2D eigenvalue weighted by Gasteiger charge is -2.30. The number of nitrogens with one attached hydrogen (secondary N) is 1. The van der Waals surface area contributed by atoms with Crippen LogP contribution in [0, 0.1) is 19.8 Å². The Morgan fingerprint density at radius 3 is 2.81 bits per heavy atom. The molecule has 2 heterocycles. The molecule has 1 aliphatic rings. The van der Waals surface area contributed by atoms with Crippen molar-refractivity contribution in [1.29, 1.82) is 0 Å². The minimum absolute atomic E-state index is 0.175. The van der Waals surface area contributed by atoms with Crippen LogP contribution in [0.25, 0.3) is 0 Å². The summed E-state index contributed by atoms with van der Waals surface area (Å²) in [6, 6.07) is 0. The van der Waals surface area contributed by atoms with E-state index in [4.69, 9.17) is 4.52 Å².